The van der Waals surface area contributed by atoms with Crippen LogP contribution in [0.15, 0.2) is 54.6 Å². The Labute approximate surface area is 187 Å². The number of rotatable bonds is 10. The summed E-state index contributed by atoms with van der Waals surface area (Å²) in [5.74, 6) is -2.29. The summed E-state index contributed by atoms with van der Waals surface area (Å²) in [6.45, 7) is -0.314. The minimum Gasteiger partial charge on any atom is -0.480 e. The highest BCUT2D eigenvalue weighted by Gasteiger charge is 2.31. The van der Waals surface area contributed by atoms with E-state index in [2.05, 4.69) is 10.6 Å². The third kappa shape index (κ3) is 9.19. The first-order chi connectivity index (χ1) is 15.5. The normalized spacial score (nSPS) is 13.0. The fourth-order valence-corrected chi connectivity index (χ4v) is 2.83. The number of carboxylic acids is 1. The average Bonchev–Trinajstić information content (AvgIpc) is 2.76. The molecule has 0 unspecified atom stereocenters. The second-order valence-electron chi connectivity index (χ2n) is 7.16. The Morgan fingerprint density at radius 3 is 2.30 bits per heavy atom. The van der Waals surface area contributed by atoms with E-state index in [9.17, 15) is 37.8 Å². The maximum absolute atomic E-state index is 12.8. The van der Waals surface area contributed by atoms with Crippen molar-refractivity contribution in [2.24, 2.45) is 0 Å². The predicted octanol–water partition coefficient (Wildman–Crippen LogP) is 2.49. The monoisotopic (exact) mass is 468 g/mol. The maximum Gasteiger partial charge on any atom is 0.416 e. The highest BCUT2D eigenvalue weighted by atomic mass is 19.4. The van der Waals surface area contributed by atoms with Gasteiger partial charge in [-0.25, -0.2) is 9.59 Å². The molecule has 0 aliphatic rings. The molecule has 33 heavy (non-hydrogen) atoms. The van der Waals surface area contributed by atoms with Gasteiger partial charge in [0.2, 0.25) is 5.91 Å². The average molecular weight is 468 g/mol. The van der Waals surface area contributed by atoms with E-state index >= 15 is 0 Å². The van der Waals surface area contributed by atoms with Crippen LogP contribution in [0, 0.1) is 0 Å². The van der Waals surface area contributed by atoms with Crippen LogP contribution in [0.2, 0.25) is 0 Å². The molecule has 0 heterocycles. The van der Waals surface area contributed by atoms with E-state index in [1.165, 1.54) is 6.07 Å². The third-order valence-electron chi connectivity index (χ3n) is 4.44. The van der Waals surface area contributed by atoms with E-state index in [0.717, 1.165) is 23.8 Å². The van der Waals surface area contributed by atoms with Gasteiger partial charge >= 0.3 is 18.2 Å². The van der Waals surface area contributed by atoms with Crippen LogP contribution in [0.4, 0.5) is 18.0 Å². The highest BCUT2D eigenvalue weighted by molar-refractivity contribution is 5.84. The number of alkyl halides is 3. The van der Waals surface area contributed by atoms with E-state index < -0.39 is 48.3 Å². The molecule has 0 saturated carbocycles. The molecule has 2 aromatic carbocycles. The lowest BCUT2D eigenvalue weighted by atomic mass is 10.0. The fraction of sp³-hybridized carbons (Fsp3) is 0.318. The fourth-order valence-electron chi connectivity index (χ4n) is 2.83. The van der Waals surface area contributed by atoms with Gasteiger partial charge in [-0.2, -0.15) is 13.2 Å². The van der Waals surface area contributed by atoms with Crippen molar-refractivity contribution in [1.82, 2.24) is 10.6 Å². The maximum atomic E-state index is 12.8. The minimum atomic E-state index is -4.59. The summed E-state index contributed by atoms with van der Waals surface area (Å²) in [5.41, 5.74) is -0.106. The Morgan fingerprint density at radius 2 is 1.67 bits per heavy atom. The Bertz CT molecular complexity index is 953. The van der Waals surface area contributed by atoms with Crippen LogP contribution in [-0.4, -0.2) is 46.9 Å². The van der Waals surface area contributed by atoms with Gasteiger partial charge in [0.25, 0.3) is 0 Å². The van der Waals surface area contributed by atoms with E-state index in [4.69, 9.17) is 4.74 Å². The molecule has 0 aliphatic carbocycles. The summed E-state index contributed by atoms with van der Waals surface area (Å²) in [6.07, 6.45) is -7.66. The smallest absolute Gasteiger partial charge is 0.416 e. The number of halogens is 3. The number of benzene rings is 2. The van der Waals surface area contributed by atoms with E-state index in [-0.39, 0.29) is 25.1 Å². The number of amides is 2. The van der Waals surface area contributed by atoms with E-state index in [0.29, 0.717) is 0 Å². The largest absolute Gasteiger partial charge is 0.480 e. The van der Waals surface area contributed by atoms with E-state index in [1.807, 2.05) is 0 Å². The Balaban J connectivity index is 1.80. The van der Waals surface area contributed by atoms with Gasteiger partial charge in [0.15, 0.2) is 0 Å². The number of carbonyl (C=O) groups is 3. The van der Waals surface area contributed by atoms with Crippen molar-refractivity contribution in [2.45, 2.75) is 37.8 Å². The Morgan fingerprint density at radius 1 is 1.00 bits per heavy atom. The summed E-state index contributed by atoms with van der Waals surface area (Å²) in [6, 6.07) is 11.5. The molecule has 0 bridgehead atoms. The van der Waals surface area contributed by atoms with Crippen LogP contribution in [0.3, 0.4) is 0 Å². The Hall–Kier alpha value is -3.60. The number of carbonyl (C=O) groups excluding carboxylic acids is 2. The quantitative estimate of drug-likeness (QED) is 0.425. The molecule has 2 aromatic rings. The molecule has 0 saturated heterocycles. The zero-order valence-electron chi connectivity index (χ0n) is 17.3. The summed E-state index contributed by atoms with van der Waals surface area (Å²) in [4.78, 5) is 35.2. The lowest BCUT2D eigenvalue weighted by molar-refractivity contribution is -0.142. The first-order valence-electron chi connectivity index (χ1n) is 9.85. The van der Waals surface area contributed by atoms with Crippen LogP contribution in [0.1, 0.15) is 23.1 Å². The second-order valence-corrected chi connectivity index (χ2v) is 7.16. The molecule has 8 nitrogen and oxygen atoms in total. The molecule has 2 rings (SSSR count). The number of aliphatic carboxylic acids is 1. The van der Waals surface area contributed by atoms with Gasteiger partial charge in [0.1, 0.15) is 12.6 Å². The van der Waals surface area contributed by atoms with Gasteiger partial charge in [0, 0.05) is 13.0 Å². The summed E-state index contributed by atoms with van der Waals surface area (Å²) in [5, 5.41) is 23.7. The van der Waals surface area contributed by atoms with Gasteiger partial charge in [0.05, 0.1) is 18.1 Å². The summed E-state index contributed by atoms with van der Waals surface area (Å²) < 4.78 is 43.4. The number of aliphatic hydroxyl groups is 1. The van der Waals surface area contributed by atoms with Gasteiger partial charge in [-0.3, -0.25) is 4.79 Å². The highest BCUT2D eigenvalue weighted by Crippen LogP contribution is 2.29. The topological polar surface area (TPSA) is 125 Å². The number of hydrogen-bond acceptors (Lipinski definition) is 5. The number of ether oxygens (including phenoxy) is 1. The zero-order chi connectivity index (χ0) is 24.4. The number of aliphatic hydroxyl groups excluding tert-OH is 1. The number of carboxylic acid groups (broad SMARTS) is 1. The van der Waals surface area contributed by atoms with Gasteiger partial charge in [-0.1, -0.05) is 48.5 Å². The number of alkyl carbamates (subject to hydrolysis) is 1. The molecule has 0 fully saturated rings. The lowest BCUT2D eigenvalue weighted by Crippen LogP contribution is -2.44. The third-order valence-corrected chi connectivity index (χ3v) is 4.44. The second kappa shape index (κ2) is 11.9. The summed E-state index contributed by atoms with van der Waals surface area (Å²) >= 11 is 0. The standard InChI is InChI=1S/C22H23F3N2O6/c23-22(24,25)16-8-4-7-15(9-16)10-18(20(30)31)27-19(29)11-17(28)12-26-21(32)33-13-14-5-2-1-3-6-14/h1-9,17-18,28H,10-13H2,(H,26,32)(H,27,29)(H,30,31)/t17-,18+/m1/s1. The molecule has 11 heteroatoms. The van der Waals surface area contributed by atoms with Gasteiger partial charge in [-0.15, -0.1) is 0 Å². The number of nitrogens with one attached hydrogen (secondary N) is 2. The predicted molar refractivity (Wildman–Crippen MR) is 110 cm³/mol. The molecule has 2 atom stereocenters. The van der Waals surface area contributed by atoms with Crippen LogP contribution in [0.25, 0.3) is 0 Å². The number of hydrogen-bond donors (Lipinski definition) is 4. The van der Waals surface area contributed by atoms with Crippen LogP contribution >= 0.6 is 0 Å². The molecule has 0 aromatic heterocycles. The molecule has 178 valence electrons. The van der Waals surface area contributed by atoms with Crippen molar-refractivity contribution >= 4 is 18.0 Å². The first-order valence-corrected chi connectivity index (χ1v) is 9.85. The first kappa shape index (κ1) is 25.7. The van der Waals surface area contributed by atoms with Crippen molar-refractivity contribution in [3.63, 3.8) is 0 Å². The summed E-state index contributed by atoms with van der Waals surface area (Å²) in [7, 11) is 0. The van der Waals surface area contributed by atoms with E-state index in [1.54, 1.807) is 30.3 Å². The lowest BCUT2D eigenvalue weighted by Gasteiger charge is -2.17. The Kier molecular flexibility index (Phi) is 9.22. The van der Waals surface area contributed by atoms with Crippen molar-refractivity contribution in [2.75, 3.05) is 6.54 Å². The SMILES string of the molecule is O=C(C[C@@H](O)CNC(=O)OCc1ccccc1)N[C@@H](Cc1cccc(C(F)(F)F)c1)C(=O)O. The molecular weight excluding hydrogens is 445 g/mol. The van der Waals surface area contributed by atoms with Crippen LogP contribution in [-0.2, 0) is 33.5 Å². The molecule has 0 aliphatic heterocycles. The van der Waals surface area contributed by atoms with Gasteiger partial charge < -0.3 is 25.6 Å². The van der Waals surface area contributed by atoms with Crippen LogP contribution < -0.4 is 10.6 Å². The van der Waals surface area contributed by atoms with Crippen molar-refractivity contribution in [3.05, 3.63) is 71.3 Å². The molecule has 4 N–H and O–H groups in total. The molecule has 0 spiro atoms. The van der Waals surface area contributed by atoms with Crippen molar-refractivity contribution in [1.29, 1.82) is 0 Å². The van der Waals surface area contributed by atoms with Crippen molar-refractivity contribution in [3.8, 4) is 0 Å². The molecule has 0 radical (unpaired) electrons. The molecular formula is C22H23F3N2O6. The minimum absolute atomic E-state index is 0.0130. The van der Waals surface area contributed by atoms with Gasteiger partial charge in [-0.05, 0) is 17.2 Å². The van der Waals surface area contributed by atoms with Crippen molar-refractivity contribution < 1.29 is 42.5 Å². The zero-order valence-corrected chi connectivity index (χ0v) is 17.3. The molecule has 2 amide bonds. The van der Waals surface area contributed by atoms with Crippen LogP contribution in [0.5, 0.6) is 0 Å².